The van der Waals surface area contributed by atoms with Crippen LogP contribution >= 0.6 is 0 Å². The van der Waals surface area contributed by atoms with Gasteiger partial charge < -0.3 is 5.11 Å². The Kier molecular flexibility index (Phi) is 3.47. The molecule has 1 saturated carbocycles. The maximum absolute atomic E-state index is 11.7. The second-order valence-corrected chi connectivity index (χ2v) is 6.23. The van der Waals surface area contributed by atoms with Crippen molar-refractivity contribution in [3.05, 3.63) is 102 Å². The van der Waals surface area contributed by atoms with Gasteiger partial charge in [-0.25, -0.2) is 0 Å². The predicted octanol–water partition coefficient (Wildman–Crippen LogP) is 4.12. The maximum Gasteiger partial charge on any atom is 0.118 e. The summed E-state index contributed by atoms with van der Waals surface area (Å²) >= 11 is 0. The van der Waals surface area contributed by atoms with Gasteiger partial charge in [0, 0.05) is 18.3 Å². The van der Waals surface area contributed by atoms with E-state index in [1.54, 1.807) is 0 Å². The fraction of sp³-hybridized carbons (Fsp3) is 0.190. The highest BCUT2D eigenvalue weighted by Crippen LogP contribution is 2.58. The second kappa shape index (κ2) is 5.64. The minimum atomic E-state index is -0.948. The monoisotopic (exact) mass is 301 g/mol. The van der Waals surface area contributed by atoms with Crippen LogP contribution in [0, 0.1) is 5.92 Å². The molecule has 1 aliphatic rings. The highest BCUT2D eigenvalue weighted by atomic mass is 16.3. The molecule has 1 aromatic heterocycles. The average Bonchev–Trinajstić information content (AvgIpc) is 3.45. The Morgan fingerprint density at radius 2 is 1.30 bits per heavy atom. The Balaban J connectivity index is 1.76. The number of aliphatic hydroxyl groups is 1. The van der Waals surface area contributed by atoms with Gasteiger partial charge >= 0.3 is 0 Å². The zero-order valence-electron chi connectivity index (χ0n) is 12.8. The van der Waals surface area contributed by atoms with Crippen LogP contribution in [0.3, 0.4) is 0 Å². The van der Waals surface area contributed by atoms with E-state index in [4.69, 9.17) is 0 Å². The molecule has 2 nitrogen and oxygen atoms in total. The van der Waals surface area contributed by atoms with E-state index in [9.17, 15) is 5.11 Å². The summed E-state index contributed by atoms with van der Waals surface area (Å²) in [6, 6.07) is 24.2. The maximum atomic E-state index is 11.7. The Morgan fingerprint density at radius 1 is 0.783 bits per heavy atom. The summed E-state index contributed by atoms with van der Waals surface area (Å²) in [4.78, 5) is 4.10. The first kappa shape index (κ1) is 14.2. The summed E-state index contributed by atoms with van der Waals surface area (Å²) in [5.74, 6) is 0.568. The summed E-state index contributed by atoms with van der Waals surface area (Å²) in [5, 5.41) is 11.7. The highest BCUT2D eigenvalue weighted by Gasteiger charge is 2.54. The molecular weight excluding hydrogens is 282 g/mol. The van der Waals surface area contributed by atoms with Crippen molar-refractivity contribution < 1.29 is 5.11 Å². The van der Waals surface area contributed by atoms with Crippen molar-refractivity contribution in [2.45, 2.75) is 17.9 Å². The molecule has 1 aliphatic carbocycles. The first-order chi connectivity index (χ1) is 11.3. The van der Waals surface area contributed by atoms with Crippen LogP contribution in [0.5, 0.6) is 0 Å². The molecule has 1 fully saturated rings. The quantitative estimate of drug-likeness (QED) is 0.786. The Bertz CT molecular complexity index is 731. The molecule has 3 aromatic rings. The lowest BCUT2D eigenvalue weighted by atomic mass is 9.81. The van der Waals surface area contributed by atoms with Crippen molar-refractivity contribution in [3.63, 3.8) is 0 Å². The van der Waals surface area contributed by atoms with Crippen LogP contribution in [0.2, 0.25) is 0 Å². The smallest absolute Gasteiger partial charge is 0.118 e. The molecule has 0 radical (unpaired) electrons. The number of pyridine rings is 1. The number of hydrogen-bond acceptors (Lipinski definition) is 2. The zero-order valence-corrected chi connectivity index (χ0v) is 12.8. The Hall–Kier alpha value is -2.45. The second-order valence-electron chi connectivity index (χ2n) is 6.23. The standard InChI is InChI=1S/C21H19NO/c23-21(17-7-3-1-4-8-17,18-9-5-2-6-10-18)20-15-19(20)16-11-13-22-14-12-16/h1-14,19-20,23H,15H2/t19-,20+/m1/s1. The van der Waals surface area contributed by atoms with Crippen molar-refractivity contribution in [2.24, 2.45) is 5.92 Å². The van der Waals surface area contributed by atoms with Crippen LogP contribution in [0.15, 0.2) is 85.2 Å². The summed E-state index contributed by atoms with van der Waals surface area (Å²) in [6.07, 6.45) is 4.65. The van der Waals surface area contributed by atoms with Gasteiger partial charge in [0.2, 0.25) is 0 Å². The van der Waals surface area contributed by atoms with E-state index in [2.05, 4.69) is 17.1 Å². The lowest BCUT2D eigenvalue weighted by molar-refractivity contribution is 0.0542. The summed E-state index contributed by atoms with van der Waals surface area (Å²) in [7, 11) is 0. The minimum absolute atomic E-state index is 0.190. The number of hydrogen-bond donors (Lipinski definition) is 1. The number of rotatable bonds is 4. The van der Waals surface area contributed by atoms with E-state index in [1.165, 1.54) is 5.56 Å². The normalized spacial score (nSPS) is 20.2. The molecule has 2 heteroatoms. The van der Waals surface area contributed by atoms with Crippen molar-refractivity contribution in [2.75, 3.05) is 0 Å². The minimum Gasteiger partial charge on any atom is -0.380 e. The first-order valence-electron chi connectivity index (χ1n) is 8.03. The lowest BCUT2D eigenvalue weighted by Gasteiger charge is -2.30. The van der Waals surface area contributed by atoms with Gasteiger partial charge in [0.15, 0.2) is 0 Å². The van der Waals surface area contributed by atoms with E-state index < -0.39 is 5.60 Å². The van der Waals surface area contributed by atoms with Crippen molar-refractivity contribution in [1.29, 1.82) is 0 Å². The van der Waals surface area contributed by atoms with Crippen LogP contribution in [-0.4, -0.2) is 10.1 Å². The predicted molar refractivity (Wildman–Crippen MR) is 91.0 cm³/mol. The summed E-state index contributed by atoms with van der Waals surface area (Å²) in [6.45, 7) is 0. The number of benzene rings is 2. The van der Waals surface area contributed by atoms with Crippen molar-refractivity contribution in [3.8, 4) is 0 Å². The Labute approximate surface area is 136 Å². The lowest BCUT2D eigenvalue weighted by Crippen LogP contribution is -2.30. The fourth-order valence-corrected chi connectivity index (χ4v) is 3.62. The van der Waals surface area contributed by atoms with Crippen LogP contribution in [0.4, 0.5) is 0 Å². The summed E-state index contributed by atoms with van der Waals surface area (Å²) < 4.78 is 0. The van der Waals surface area contributed by atoms with Crippen LogP contribution in [0.1, 0.15) is 29.0 Å². The largest absolute Gasteiger partial charge is 0.380 e. The van der Waals surface area contributed by atoms with Gasteiger partial charge in [0.1, 0.15) is 5.60 Å². The fourth-order valence-electron chi connectivity index (χ4n) is 3.62. The molecule has 4 rings (SSSR count). The van der Waals surface area contributed by atoms with Crippen LogP contribution in [0.25, 0.3) is 0 Å². The zero-order chi connectivity index (χ0) is 15.7. The first-order valence-corrected chi connectivity index (χ1v) is 8.03. The molecule has 1 N–H and O–H groups in total. The van der Waals surface area contributed by atoms with E-state index in [-0.39, 0.29) is 5.92 Å². The molecule has 0 spiro atoms. The molecule has 2 atom stereocenters. The SMILES string of the molecule is OC(c1ccccc1)(c1ccccc1)[C@H]1C[C@@H]1c1ccncc1. The van der Waals surface area contributed by atoms with Gasteiger partial charge in [0.05, 0.1) is 0 Å². The van der Waals surface area contributed by atoms with E-state index >= 15 is 0 Å². The molecule has 2 aromatic carbocycles. The van der Waals surface area contributed by atoms with E-state index in [1.807, 2.05) is 73.1 Å². The highest BCUT2D eigenvalue weighted by molar-refractivity contribution is 5.41. The molecule has 1 heterocycles. The number of nitrogens with zero attached hydrogens (tertiary/aromatic N) is 1. The van der Waals surface area contributed by atoms with Crippen LogP contribution in [-0.2, 0) is 5.60 Å². The van der Waals surface area contributed by atoms with Gasteiger partial charge in [-0.2, -0.15) is 0 Å². The molecule has 0 aliphatic heterocycles. The third kappa shape index (κ3) is 2.45. The molecule has 23 heavy (non-hydrogen) atoms. The number of aromatic nitrogens is 1. The van der Waals surface area contributed by atoms with Gasteiger partial charge in [-0.15, -0.1) is 0 Å². The molecular formula is C21H19NO. The topological polar surface area (TPSA) is 33.1 Å². The third-order valence-electron chi connectivity index (χ3n) is 4.89. The molecule has 0 bridgehead atoms. The molecule has 114 valence electrons. The van der Waals surface area contributed by atoms with Gasteiger partial charge in [-0.1, -0.05) is 60.7 Å². The summed E-state index contributed by atoms with van der Waals surface area (Å²) in [5.41, 5.74) is 2.24. The average molecular weight is 301 g/mol. The van der Waals surface area contributed by atoms with Gasteiger partial charge in [-0.05, 0) is 41.2 Å². The third-order valence-corrected chi connectivity index (χ3v) is 4.89. The Morgan fingerprint density at radius 3 is 1.83 bits per heavy atom. The molecule has 0 saturated heterocycles. The van der Waals surface area contributed by atoms with Gasteiger partial charge in [-0.3, -0.25) is 4.98 Å². The van der Waals surface area contributed by atoms with Gasteiger partial charge in [0.25, 0.3) is 0 Å². The van der Waals surface area contributed by atoms with E-state index in [0.29, 0.717) is 5.92 Å². The van der Waals surface area contributed by atoms with Crippen LogP contribution < -0.4 is 0 Å². The van der Waals surface area contributed by atoms with Crippen molar-refractivity contribution in [1.82, 2.24) is 4.98 Å². The van der Waals surface area contributed by atoms with E-state index in [0.717, 1.165) is 17.5 Å². The molecule has 0 unspecified atom stereocenters. The molecule has 0 amide bonds. The van der Waals surface area contributed by atoms with Crippen molar-refractivity contribution >= 4 is 0 Å².